The highest BCUT2D eigenvalue weighted by Gasteiger charge is 2.29. The van der Waals surface area contributed by atoms with Gasteiger partial charge in [0.1, 0.15) is 5.75 Å². The number of H-pyrrole nitrogens is 1. The maximum atomic E-state index is 6.81. The zero-order chi connectivity index (χ0) is 26.9. The number of fused-ring (bicyclic) bond motifs is 1. The molecule has 1 saturated heterocycles. The summed E-state index contributed by atoms with van der Waals surface area (Å²) in [5, 5.41) is 8.89. The Balaban J connectivity index is 1.39. The zero-order valence-electron chi connectivity index (χ0n) is 23.7. The molecule has 204 valence electrons. The Morgan fingerprint density at radius 2 is 1.85 bits per heavy atom. The summed E-state index contributed by atoms with van der Waals surface area (Å²) in [6.07, 6.45) is 6.16. The van der Waals surface area contributed by atoms with E-state index in [-0.39, 0.29) is 18.3 Å². The maximum absolute atomic E-state index is 6.81. The van der Waals surface area contributed by atoms with Crippen molar-refractivity contribution in [2.45, 2.75) is 84.7 Å². The Bertz CT molecular complexity index is 1440. The van der Waals surface area contributed by atoms with Crippen molar-refractivity contribution in [2.75, 3.05) is 13.1 Å². The van der Waals surface area contributed by atoms with Crippen molar-refractivity contribution >= 4 is 10.9 Å². The summed E-state index contributed by atoms with van der Waals surface area (Å²) >= 11 is 0. The summed E-state index contributed by atoms with van der Waals surface area (Å²) in [7, 11) is 0. The lowest BCUT2D eigenvalue weighted by Gasteiger charge is -2.37. The van der Waals surface area contributed by atoms with Crippen molar-refractivity contribution < 1.29 is 9.47 Å². The third-order valence-electron chi connectivity index (χ3n) is 8.40. The molecule has 0 spiro atoms. The van der Waals surface area contributed by atoms with Crippen LogP contribution < -0.4 is 4.74 Å². The highest BCUT2D eigenvalue weighted by atomic mass is 16.5. The van der Waals surface area contributed by atoms with Crippen molar-refractivity contribution in [2.24, 2.45) is 0 Å². The van der Waals surface area contributed by atoms with E-state index < -0.39 is 0 Å². The molecule has 2 atom stereocenters. The number of ether oxygens (including phenoxy) is 2. The maximum Gasteiger partial charge on any atom is 0.128 e. The average Bonchev–Trinajstić information content (AvgIpc) is 3.60. The normalized spacial score (nSPS) is 20.6. The molecule has 2 aliphatic rings. The van der Waals surface area contributed by atoms with Gasteiger partial charge >= 0.3 is 0 Å². The van der Waals surface area contributed by atoms with Crippen LogP contribution in [0, 0.1) is 13.8 Å². The van der Waals surface area contributed by atoms with E-state index in [2.05, 4.69) is 91.3 Å². The first kappa shape index (κ1) is 26.0. The minimum atomic E-state index is 0.0653. The van der Waals surface area contributed by atoms with Crippen LogP contribution in [-0.2, 0) is 17.7 Å². The van der Waals surface area contributed by atoms with Crippen molar-refractivity contribution in [3.63, 3.8) is 0 Å². The number of aryl methyl sites for hydroxylation is 3. The topological polar surface area (TPSA) is 63.3 Å². The van der Waals surface area contributed by atoms with Crippen LogP contribution in [0.15, 0.2) is 48.5 Å². The molecule has 0 radical (unpaired) electrons. The van der Waals surface area contributed by atoms with E-state index in [1.54, 1.807) is 0 Å². The third kappa shape index (κ3) is 5.32. The van der Waals surface area contributed by atoms with Gasteiger partial charge < -0.3 is 9.47 Å². The summed E-state index contributed by atoms with van der Waals surface area (Å²) in [6.45, 7) is 11.2. The number of aromatic nitrogens is 3. The van der Waals surface area contributed by atoms with Crippen molar-refractivity contribution in [1.82, 2.24) is 20.1 Å². The van der Waals surface area contributed by atoms with Crippen LogP contribution in [0.1, 0.15) is 73.7 Å². The Labute approximate surface area is 231 Å². The van der Waals surface area contributed by atoms with E-state index in [9.17, 15) is 0 Å². The van der Waals surface area contributed by atoms with E-state index in [0.29, 0.717) is 0 Å². The molecule has 6 nitrogen and oxygen atoms in total. The Hall–Kier alpha value is -3.22. The lowest BCUT2D eigenvalue weighted by atomic mass is 9.95. The highest BCUT2D eigenvalue weighted by molar-refractivity contribution is 5.97. The van der Waals surface area contributed by atoms with Gasteiger partial charge in [0.15, 0.2) is 0 Å². The SMILES string of the molecule is CCc1ccc2n[nH]c(C)c2c1-c1cc(OC2CCCC2)c(CN2CC(C)OC(c3ccccc3)C2)c(C)n1. The van der Waals surface area contributed by atoms with Gasteiger partial charge in [-0.2, -0.15) is 5.10 Å². The lowest BCUT2D eigenvalue weighted by Crippen LogP contribution is -2.42. The van der Waals surface area contributed by atoms with Crippen LogP contribution in [0.3, 0.4) is 0 Å². The van der Waals surface area contributed by atoms with Gasteiger partial charge in [-0.3, -0.25) is 15.0 Å². The van der Waals surface area contributed by atoms with Gasteiger partial charge in [-0.1, -0.05) is 43.3 Å². The van der Waals surface area contributed by atoms with Gasteiger partial charge in [0.05, 0.1) is 29.5 Å². The average molecular weight is 525 g/mol. The molecule has 1 aliphatic carbocycles. The molecule has 39 heavy (non-hydrogen) atoms. The minimum Gasteiger partial charge on any atom is -0.490 e. The second kappa shape index (κ2) is 11.1. The first-order valence-electron chi connectivity index (χ1n) is 14.6. The van der Waals surface area contributed by atoms with Crippen LogP contribution in [0.2, 0.25) is 0 Å². The number of benzene rings is 2. The van der Waals surface area contributed by atoms with E-state index in [1.807, 2.05) is 0 Å². The molecule has 0 bridgehead atoms. The van der Waals surface area contributed by atoms with Gasteiger partial charge in [0, 0.05) is 53.6 Å². The Kier molecular flexibility index (Phi) is 7.41. The molecule has 1 aliphatic heterocycles. The van der Waals surface area contributed by atoms with Crippen LogP contribution in [0.4, 0.5) is 0 Å². The molecule has 3 heterocycles. The predicted octanol–water partition coefficient (Wildman–Crippen LogP) is 7.09. The number of pyridine rings is 1. The smallest absolute Gasteiger partial charge is 0.128 e. The molecular formula is C33H40N4O2. The molecule has 6 heteroatoms. The second-order valence-corrected chi connectivity index (χ2v) is 11.3. The largest absolute Gasteiger partial charge is 0.490 e. The molecule has 1 N–H and O–H groups in total. The zero-order valence-corrected chi connectivity index (χ0v) is 23.7. The summed E-state index contributed by atoms with van der Waals surface area (Å²) < 4.78 is 13.2. The fourth-order valence-corrected chi connectivity index (χ4v) is 6.42. The number of nitrogens with zero attached hydrogens (tertiary/aromatic N) is 3. The van der Waals surface area contributed by atoms with Gasteiger partial charge in [0.25, 0.3) is 0 Å². The van der Waals surface area contributed by atoms with Gasteiger partial charge in [-0.25, -0.2) is 0 Å². The van der Waals surface area contributed by atoms with Crippen molar-refractivity contribution in [1.29, 1.82) is 0 Å². The van der Waals surface area contributed by atoms with Gasteiger partial charge in [0.2, 0.25) is 0 Å². The van der Waals surface area contributed by atoms with E-state index in [4.69, 9.17) is 14.5 Å². The fourth-order valence-electron chi connectivity index (χ4n) is 6.42. The molecular weight excluding hydrogens is 484 g/mol. The number of aromatic amines is 1. The minimum absolute atomic E-state index is 0.0653. The number of rotatable bonds is 7. The quantitative estimate of drug-likeness (QED) is 0.280. The number of nitrogens with one attached hydrogen (secondary N) is 1. The van der Waals surface area contributed by atoms with Crippen LogP contribution in [0.25, 0.3) is 22.2 Å². The summed E-state index contributed by atoms with van der Waals surface area (Å²) in [5.41, 5.74) is 8.97. The second-order valence-electron chi connectivity index (χ2n) is 11.3. The van der Waals surface area contributed by atoms with Gasteiger partial charge in [-0.15, -0.1) is 0 Å². The molecule has 2 aromatic heterocycles. The predicted molar refractivity (Wildman–Crippen MR) is 156 cm³/mol. The summed E-state index contributed by atoms with van der Waals surface area (Å²) in [6, 6.07) is 17.1. The number of hydrogen-bond donors (Lipinski definition) is 1. The summed E-state index contributed by atoms with van der Waals surface area (Å²) in [5.74, 6) is 0.986. The number of morpholine rings is 1. The van der Waals surface area contributed by atoms with Gasteiger partial charge in [-0.05, 0) is 70.1 Å². The Morgan fingerprint density at radius 3 is 2.62 bits per heavy atom. The van der Waals surface area contributed by atoms with E-state index >= 15 is 0 Å². The van der Waals surface area contributed by atoms with Crippen LogP contribution in [-0.4, -0.2) is 45.4 Å². The van der Waals surface area contributed by atoms with E-state index in [0.717, 1.165) is 72.6 Å². The molecule has 2 fully saturated rings. The standard InChI is InChI=1S/C33H40N4O2/c1-5-24-15-16-28-32(23(4)35-36-28)33(24)29-17-30(39-26-13-9-10-14-26)27(22(3)34-29)19-37-18-21(2)38-31(20-37)25-11-7-6-8-12-25/h6-8,11-12,15-17,21,26,31H,5,9-10,13-14,18-20H2,1-4H3,(H,35,36). The molecule has 6 rings (SSSR count). The van der Waals surface area contributed by atoms with Crippen molar-refractivity contribution in [3.05, 3.63) is 76.6 Å². The first-order chi connectivity index (χ1) is 19.0. The van der Waals surface area contributed by atoms with Crippen LogP contribution in [0.5, 0.6) is 5.75 Å². The van der Waals surface area contributed by atoms with Crippen LogP contribution >= 0.6 is 0 Å². The molecule has 1 saturated carbocycles. The molecule has 0 amide bonds. The fraction of sp³-hybridized carbons (Fsp3) is 0.455. The Morgan fingerprint density at radius 1 is 1.05 bits per heavy atom. The summed E-state index contributed by atoms with van der Waals surface area (Å²) in [4.78, 5) is 7.75. The monoisotopic (exact) mass is 524 g/mol. The van der Waals surface area contributed by atoms with E-state index in [1.165, 1.54) is 35.1 Å². The molecule has 2 unspecified atom stereocenters. The highest BCUT2D eigenvalue weighted by Crippen LogP contribution is 2.38. The molecule has 4 aromatic rings. The third-order valence-corrected chi connectivity index (χ3v) is 8.40. The molecule has 2 aromatic carbocycles. The first-order valence-corrected chi connectivity index (χ1v) is 14.6. The van der Waals surface area contributed by atoms with Crippen molar-refractivity contribution in [3.8, 4) is 17.0 Å². The lowest BCUT2D eigenvalue weighted by molar-refractivity contribution is -0.0816. The number of hydrogen-bond acceptors (Lipinski definition) is 5.